The molecule has 1 unspecified atom stereocenters. The summed E-state index contributed by atoms with van der Waals surface area (Å²) in [4.78, 5) is 36.6. The van der Waals surface area contributed by atoms with Crippen LogP contribution >= 0.6 is 11.3 Å². The third kappa shape index (κ3) is 6.69. The van der Waals surface area contributed by atoms with Crippen LogP contribution in [0.25, 0.3) is 10.6 Å². The van der Waals surface area contributed by atoms with Crippen molar-refractivity contribution < 1.29 is 19.4 Å². The maximum absolute atomic E-state index is 12.9. The number of aliphatic hydroxyl groups is 1. The number of carbonyl (C=O) groups is 2. The molecule has 2 aromatic heterocycles. The number of aromatic nitrogens is 2. The number of benzene rings is 1. The molecule has 0 radical (unpaired) electrons. The van der Waals surface area contributed by atoms with Crippen molar-refractivity contribution in [2.45, 2.75) is 33.4 Å². The number of anilines is 1. The first-order valence-electron chi connectivity index (χ1n) is 10.9. The van der Waals surface area contributed by atoms with Crippen LogP contribution in [0.3, 0.4) is 0 Å². The number of nitrogens with zero attached hydrogens (tertiary/aromatic N) is 3. The fourth-order valence-electron chi connectivity index (χ4n) is 2.99. The summed E-state index contributed by atoms with van der Waals surface area (Å²) in [5.74, 6) is 0.373. The number of hydrogen-bond donors (Lipinski definition) is 2. The molecule has 0 aliphatic rings. The lowest BCUT2D eigenvalue weighted by Crippen LogP contribution is -2.35. The molecule has 0 bridgehead atoms. The first-order valence-corrected chi connectivity index (χ1v) is 11.8. The Morgan fingerprint density at radius 3 is 2.62 bits per heavy atom. The zero-order chi connectivity index (χ0) is 24.9. The third-order valence-electron chi connectivity index (χ3n) is 4.88. The van der Waals surface area contributed by atoms with Crippen LogP contribution in [0, 0.1) is 5.41 Å². The minimum Gasteiger partial charge on any atom is -0.426 e. The number of nitrogens with one attached hydrogen (secondary N) is 1. The number of hydrogen-bond acceptors (Lipinski definition) is 9. The molecule has 2 heterocycles. The molecule has 0 fully saturated rings. The van der Waals surface area contributed by atoms with Gasteiger partial charge in [0.2, 0.25) is 5.95 Å². The summed E-state index contributed by atoms with van der Waals surface area (Å²) in [6.07, 6.45) is 0.799. The van der Waals surface area contributed by atoms with E-state index < -0.39 is 11.6 Å². The monoisotopic (exact) mass is 482 g/mol. The van der Waals surface area contributed by atoms with E-state index in [4.69, 9.17) is 4.74 Å². The van der Waals surface area contributed by atoms with Gasteiger partial charge in [0.05, 0.1) is 28.1 Å². The van der Waals surface area contributed by atoms with Crippen LogP contribution in [-0.2, 0) is 11.2 Å². The van der Waals surface area contributed by atoms with Gasteiger partial charge in [-0.15, -0.1) is 11.3 Å². The molecule has 0 spiro atoms. The largest absolute Gasteiger partial charge is 0.426 e. The van der Waals surface area contributed by atoms with Gasteiger partial charge in [-0.2, -0.15) is 0 Å². The van der Waals surface area contributed by atoms with Crippen molar-refractivity contribution in [1.82, 2.24) is 15.3 Å². The van der Waals surface area contributed by atoms with Gasteiger partial charge in [0.1, 0.15) is 12.0 Å². The molecular formula is C25H30N4O4S. The zero-order valence-corrected chi connectivity index (χ0v) is 20.8. The Labute approximate surface area is 203 Å². The molecular weight excluding hydrogens is 452 g/mol. The number of ketones is 1. The molecule has 9 heteroatoms. The number of Topliss-reactive ketones (excluding diaryl/α,β-unsaturated/α-hetero) is 1. The summed E-state index contributed by atoms with van der Waals surface area (Å²) >= 11 is 1.49. The first-order chi connectivity index (χ1) is 16.0. The van der Waals surface area contributed by atoms with Crippen LogP contribution in [0.15, 0.2) is 48.0 Å². The van der Waals surface area contributed by atoms with E-state index in [1.165, 1.54) is 17.5 Å². The first kappa shape index (κ1) is 25.5. The number of carbonyl (C=O) groups excluding carboxylic acids is 2. The Morgan fingerprint density at radius 2 is 1.97 bits per heavy atom. The van der Waals surface area contributed by atoms with E-state index in [2.05, 4.69) is 15.3 Å². The predicted molar refractivity (Wildman–Crippen MR) is 133 cm³/mol. The SMILES string of the molecule is CN(C)c1ncc(C(=O)CNC(O)Cc2cccc(OC(=O)C(C)(C)C)c2)c(-c2cccs2)n1. The Kier molecular flexibility index (Phi) is 8.14. The van der Waals surface area contributed by atoms with Gasteiger partial charge in [-0.05, 0) is 49.9 Å². The van der Waals surface area contributed by atoms with Crippen LogP contribution < -0.4 is 15.0 Å². The van der Waals surface area contributed by atoms with Crippen molar-refractivity contribution in [2.75, 3.05) is 25.5 Å². The highest BCUT2D eigenvalue weighted by Crippen LogP contribution is 2.27. The summed E-state index contributed by atoms with van der Waals surface area (Å²) in [6, 6.07) is 10.8. The maximum Gasteiger partial charge on any atom is 0.316 e. The Bertz CT molecular complexity index is 1140. The standard InChI is InChI=1S/C25H30N4O4S/c1-25(2,3)23(32)33-17-9-6-8-16(12-17)13-21(31)26-15-19(30)18-14-27-24(29(4)5)28-22(18)20-10-7-11-34-20/h6-12,14,21,26,31H,13,15H2,1-5H3. The molecule has 1 atom stereocenters. The van der Waals surface area contributed by atoms with Gasteiger partial charge in [0, 0.05) is 26.7 Å². The molecule has 1 aromatic carbocycles. The second kappa shape index (κ2) is 10.9. The minimum atomic E-state index is -0.968. The van der Waals surface area contributed by atoms with Crippen molar-refractivity contribution in [3.05, 3.63) is 59.1 Å². The summed E-state index contributed by atoms with van der Waals surface area (Å²) < 4.78 is 5.42. The van der Waals surface area contributed by atoms with Gasteiger partial charge in [-0.25, -0.2) is 9.97 Å². The third-order valence-corrected chi connectivity index (χ3v) is 5.76. The van der Waals surface area contributed by atoms with E-state index in [9.17, 15) is 14.7 Å². The highest BCUT2D eigenvalue weighted by Gasteiger charge is 2.24. The molecule has 0 saturated carbocycles. The molecule has 180 valence electrons. The fourth-order valence-corrected chi connectivity index (χ4v) is 3.72. The van der Waals surface area contributed by atoms with Crippen LogP contribution in [0.5, 0.6) is 5.75 Å². The molecule has 0 saturated heterocycles. The van der Waals surface area contributed by atoms with Gasteiger partial charge in [0.25, 0.3) is 0 Å². The topological polar surface area (TPSA) is 105 Å². The second-order valence-corrected chi connectivity index (χ2v) is 10.1. The molecule has 3 rings (SSSR count). The molecule has 8 nitrogen and oxygen atoms in total. The Hall–Kier alpha value is -3.14. The number of rotatable bonds is 9. The van der Waals surface area contributed by atoms with Crippen LogP contribution in [0.4, 0.5) is 5.95 Å². The number of aliphatic hydroxyl groups excluding tert-OH is 1. The van der Waals surface area contributed by atoms with E-state index in [0.29, 0.717) is 23.0 Å². The van der Waals surface area contributed by atoms with Gasteiger partial charge >= 0.3 is 5.97 Å². The lowest BCUT2D eigenvalue weighted by Gasteiger charge is -2.17. The zero-order valence-electron chi connectivity index (χ0n) is 20.0. The second-order valence-electron chi connectivity index (χ2n) is 9.11. The van der Waals surface area contributed by atoms with Crippen LogP contribution in [0.1, 0.15) is 36.7 Å². The number of ether oxygens (including phenoxy) is 1. The van der Waals surface area contributed by atoms with Crippen molar-refractivity contribution in [3.63, 3.8) is 0 Å². The lowest BCUT2D eigenvalue weighted by molar-refractivity contribution is -0.143. The Balaban J connectivity index is 1.65. The average Bonchev–Trinajstić information content (AvgIpc) is 3.31. The fraction of sp³-hybridized carbons (Fsp3) is 0.360. The molecule has 34 heavy (non-hydrogen) atoms. The quantitative estimate of drug-likeness (QED) is 0.206. The highest BCUT2D eigenvalue weighted by atomic mass is 32.1. The molecule has 0 aliphatic heterocycles. The van der Waals surface area contributed by atoms with Crippen molar-refractivity contribution >= 4 is 29.0 Å². The summed E-state index contributed by atoms with van der Waals surface area (Å²) in [6.45, 7) is 5.27. The summed E-state index contributed by atoms with van der Waals surface area (Å²) in [5.41, 5.74) is 1.12. The minimum absolute atomic E-state index is 0.0804. The van der Waals surface area contributed by atoms with Gasteiger partial charge in [-0.1, -0.05) is 18.2 Å². The van der Waals surface area contributed by atoms with Gasteiger partial charge < -0.3 is 14.7 Å². The summed E-state index contributed by atoms with van der Waals surface area (Å²) in [7, 11) is 3.68. The smallest absolute Gasteiger partial charge is 0.316 e. The van der Waals surface area contributed by atoms with Crippen molar-refractivity contribution in [1.29, 1.82) is 0 Å². The van der Waals surface area contributed by atoms with Crippen LogP contribution in [-0.4, -0.2) is 53.7 Å². The van der Waals surface area contributed by atoms with Gasteiger partial charge in [-0.3, -0.25) is 14.9 Å². The molecule has 0 aliphatic carbocycles. The van der Waals surface area contributed by atoms with Gasteiger partial charge in [0.15, 0.2) is 5.78 Å². The average molecular weight is 483 g/mol. The molecule has 0 amide bonds. The highest BCUT2D eigenvalue weighted by molar-refractivity contribution is 7.13. The van der Waals surface area contributed by atoms with E-state index in [1.54, 1.807) is 43.9 Å². The van der Waals surface area contributed by atoms with E-state index in [-0.39, 0.29) is 24.7 Å². The molecule has 2 N–H and O–H groups in total. The predicted octanol–water partition coefficient (Wildman–Crippen LogP) is 3.56. The van der Waals surface area contributed by atoms with E-state index in [1.807, 2.05) is 37.7 Å². The lowest BCUT2D eigenvalue weighted by atomic mass is 9.97. The van der Waals surface area contributed by atoms with Crippen molar-refractivity contribution in [2.24, 2.45) is 5.41 Å². The normalized spacial score (nSPS) is 12.3. The molecule has 3 aromatic rings. The number of esters is 1. The number of thiophene rings is 1. The van der Waals surface area contributed by atoms with E-state index in [0.717, 1.165) is 10.4 Å². The van der Waals surface area contributed by atoms with Crippen LogP contribution in [0.2, 0.25) is 0 Å². The van der Waals surface area contributed by atoms with Crippen molar-refractivity contribution in [3.8, 4) is 16.3 Å². The Morgan fingerprint density at radius 1 is 1.21 bits per heavy atom. The summed E-state index contributed by atoms with van der Waals surface area (Å²) in [5, 5.41) is 15.2. The van der Waals surface area contributed by atoms with E-state index >= 15 is 0 Å². The maximum atomic E-state index is 12.9.